The van der Waals surface area contributed by atoms with Crippen LogP contribution in [-0.4, -0.2) is 28.6 Å². The van der Waals surface area contributed by atoms with Gasteiger partial charge in [-0.2, -0.15) is 0 Å². The minimum Gasteiger partial charge on any atom is -0.480 e. The molecule has 1 atom stereocenters. The maximum Gasteiger partial charge on any atom is 0.321 e. The highest BCUT2D eigenvalue weighted by atomic mass is 16.4. The number of carboxylic acid groups (broad SMARTS) is 1. The summed E-state index contributed by atoms with van der Waals surface area (Å²) in [6.07, 6.45) is 6.39. The van der Waals surface area contributed by atoms with E-state index in [0.717, 1.165) is 5.56 Å². The van der Waals surface area contributed by atoms with Crippen molar-refractivity contribution in [3.05, 3.63) is 35.4 Å². The molecule has 88 valence electrons. The van der Waals surface area contributed by atoms with Gasteiger partial charge in [0, 0.05) is 19.5 Å². The van der Waals surface area contributed by atoms with E-state index >= 15 is 0 Å². The predicted octanol–water partition coefficient (Wildman–Crippen LogP) is 1.52. The van der Waals surface area contributed by atoms with Crippen molar-refractivity contribution in [2.24, 2.45) is 0 Å². The summed E-state index contributed by atoms with van der Waals surface area (Å²) in [5.41, 5.74) is 2.35. The van der Waals surface area contributed by atoms with Crippen LogP contribution in [0.4, 0.5) is 0 Å². The van der Waals surface area contributed by atoms with E-state index in [0.29, 0.717) is 25.9 Å². The first-order valence-corrected chi connectivity index (χ1v) is 5.69. The van der Waals surface area contributed by atoms with Crippen LogP contribution in [0.3, 0.4) is 0 Å². The van der Waals surface area contributed by atoms with Gasteiger partial charge in [-0.05, 0) is 17.5 Å². The number of rotatable bonds is 3. The lowest BCUT2D eigenvalue weighted by atomic mass is 9.94. The van der Waals surface area contributed by atoms with Gasteiger partial charge in [0.1, 0.15) is 6.04 Å². The fourth-order valence-corrected chi connectivity index (χ4v) is 2.26. The highest BCUT2D eigenvalue weighted by Gasteiger charge is 2.30. The SMILES string of the molecule is C#CCCN1Cc2ccccc2C[C@H]1C(=O)O. The third-order valence-corrected chi connectivity index (χ3v) is 3.17. The Bertz CT molecular complexity index is 462. The molecule has 1 aliphatic rings. The fourth-order valence-electron chi connectivity index (χ4n) is 2.26. The van der Waals surface area contributed by atoms with Crippen molar-refractivity contribution >= 4 is 5.97 Å². The largest absolute Gasteiger partial charge is 0.480 e. The Kier molecular flexibility index (Phi) is 3.46. The van der Waals surface area contributed by atoms with E-state index in [-0.39, 0.29) is 0 Å². The number of benzene rings is 1. The number of hydrogen-bond acceptors (Lipinski definition) is 2. The minimum absolute atomic E-state index is 0.446. The molecule has 3 heteroatoms. The molecule has 0 saturated carbocycles. The monoisotopic (exact) mass is 229 g/mol. The second kappa shape index (κ2) is 5.03. The maximum atomic E-state index is 11.2. The molecule has 0 fully saturated rings. The Labute approximate surface area is 101 Å². The quantitative estimate of drug-likeness (QED) is 0.799. The zero-order chi connectivity index (χ0) is 12.3. The molecule has 0 unspecified atom stereocenters. The van der Waals surface area contributed by atoms with Crippen LogP contribution in [0.15, 0.2) is 24.3 Å². The summed E-state index contributed by atoms with van der Waals surface area (Å²) in [7, 11) is 0. The molecule has 0 aromatic heterocycles. The molecule has 1 aromatic carbocycles. The van der Waals surface area contributed by atoms with Gasteiger partial charge in [-0.25, -0.2) is 0 Å². The molecule has 3 nitrogen and oxygen atoms in total. The van der Waals surface area contributed by atoms with Crippen LogP contribution in [0.5, 0.6) is 0 Å². The van der Waals surface area contributed by atoms with Gasteiger partial charge in [0.15, 0.2) is 0 Å². The molecule has 0 aliphatic carbocycles. The Morgan fingerprint density at radius 3 is 2.82 bits per heavy atom. The zero-order valence-electron chi connectivity index (χ0n) is 9.60. The first kappa shape index (κ1) is 11.7. The lowest BCUT2D eigenvalue weighted by Crippen LogP contribution is -2.45. The Morgan fingerprint density at radius 2 is 2.18 bits per heavy atom. The smallest absolute Gasteiger partial charge is 0.321 e. The van der Waals surface area contributed by atoms with Crippen LogP contribution < -0.4 is 0 Å². The van der Waals surface area contributed by atoms with Crippen LogP contribution in [0, 0.1) is 12.3 Å². The number of aliphatic carboxylic acids is 1. The second-order valence-corrected chi connectivity index (χ2v) is 4.25. The first-order chi connectivity index (χ1) is 8.22. The summed E-state index contributed by atoms with van der Waals surface area (Å²) in [6, 6.07) is 7.55. The molecule has 0 spiro atoms. The number of terminal acetylenes is 1. The van der Waals surface area contributed by atoms with E-state index in [4.69, 9.17) is 6.42 Å². The van der Waals surface area contributed by atoms with Gasteiger partial charge in [-0.1, -0.05) is 24.3 Å². The molecule has 0 saturated heterocycles. The van der Waals surface area contributed by atoms with Gasteiger partial charge < -0.3 is 5.11 Å². The third-order valence-electron chi connectivity index (χ3n) is 3.17. The molecule has 0 amide bonds. The topological polar surface area (TPSA) is 40.5 Å². The highest BCUT2D eigenvalue weighted by molar-refractivity contribution is 5.74. The van der Waals surface area contributed by atoms with Crippen molar-refractivity contribution in [2.45, 2.75) is 25.4 Å². The average molecular weight is 229 g/mol. The van der Waals surface area contributed by atoms with Crippen molar-refractivity contribution in [3.8, 4) is 12.3 Å². The molecule has 2 rings (SSSR count). The van der Waals surface area contributed by atoms with E-state index < -0.39 is 12.0 Å². The number of carboxylic acids is 1. The zero-order valence-corrected chi connectivity index (χ0v) is 9.60. The van der Waals surface area contributed by atoms with Crippen LogP contribution in [0.25, 0.3) is 0 Å². The Hall–Kier alpha value is -1.79. The predicted molar refractivity (Wildman–Crippen MR) is 65.4 cm³/mol. The van der Waals surface area contributed by atoms with E-state index in [1.807, 2.05) is 23.1 Å². The third kappa shape index (κ3) is 2.48. The summed E-state index contributed by atoms with van der Waals surface area (Å²) < 4.78 is 0. The van der Waals surface area contributed by atoms with Gasteiger partial charge in [0.25, 0.3) is 0 Å². The first-order valence-electron chi connectivity index (χ1n) is 5.69. The summed E-state index contributed by atoms with van der Waals surface area (Å²) in [5, 5.41) is 9.24. The molecule has 17 heavy (non-hydrogen) atoms. The van der Waals surface area contributed by atoms with Crippen LogP contribution in [0.1, 0.15) is 17.5 Å². The van der Waals surface area contributed by atoms with Crippen molar-refractivity contribution in [1.82, 2.24) is 4.90 Å². The van der Waals surface area contributed by atoms with Crippen LogP contribution in [0.2, 0.25) is 0 Å². The average Bonchev–Trinajstić information content (AvgIpc) is 2.35. The summed E-state index contributed by atoms with van der Waals surface area (Å²) in [6.45, 7) is 1.32. The molecular formula is C14H15NO2. The minimum atomic E-state index is -0.767. The van der Waals surface area contributed by atoms with Crippen LogP contribution >= 0.6 is 0 Å². The normalized spacial score (nSPS) is 19.4. The lowest BCUT2D eigenvalue weighted by Gasteiger charge is -2.33. The number of hydrogen-bond donors (Lipinski definition) is 1. The van der Waals surface area contributed by atoms with Gasteiger partial charge in [0.2, 0.25) is 0 Å². The molecule has 0 radical (unpaired) electrons. The Morgan fingerprint density at radius 1 is 1.47 bits per heavy atom. The Balaban J connectivity index is 2.22. The molecule has 1 aromatic rings. The summed E-state index contributed by atoms with van der Waals surface area (Å²) >= 11 is 0. The second-order valence-electron chi connectivity index (χ2n) is 4.25. The standard InChI is InChI=1S/C14H15NO2/c1-2-3-8-15-10-12-7-5-4-6-11(12)9-13(15)14(16)17/h1,4-7,13H,3,8-10H2,(H,16,17)/t13-/m0/s1. The van der Waals surface area contributed by atoms with E-state index in [1.165, 1.54) is 5.56 Å². The maximum absolute atomic E-state index is 11.2. The molecule has 1 heterocycles. The van der Waals surface area contributed by atoms with Gasteiger partial charge in [0.05, 0.1) is 0 Å². The molecular weight excluding hydrogens is 214 g/mol. The summed E-state index contributed by atoms with van der Waals surface area (Å²) in [5.74, 6) is 1.80. The fraction of sp³-hybridized carbons (Fsp3) is 0.357. The number of fused-ring (bicyclic) bond motifs is 1. The van der Waals surface area contributed by atoms with E-state index in [1.54, 1.807) is 0 Å². The molecule has 0 bridgehead atoms. The van der Waals surface area contributed by atoms with Crippen molar-refractivity contribution in [3.63, 3.8) is 0 Å². The highest BCUT2D eigenvalue weighted by Crippen LogP contribution is 2.23. The van der Waals surface area contributed by atoms with Crippen molar-refractivity contribution < 1.29 is 9.90 Å². The lowest BCUT2D eigenvalue weighted by molar-refractivity contribution is -0.143. The van der Waals surface area contributed by atoms with Gasteiger partial charge in [-0.15, -0.1) is 12.3 Å². The summed E-state index contributed by atoms with van der Waals surface area (Å²) in [4.78, 5) is 13.2. The van der Waals surface area contributed by atoms with Gasteiger partial charge >= 0.3 is 5.97 Å². The molecule has 1 N–H and O–H groups in total. The van der Waals surface area contributed by atoms with Gasteiger partial charge in [-0.3, -0.25) is 9.69 Å². The van der Waals surface area contributed by atoms with E-state index in [2.05, 4.69) is 12.0 Å². The van der Waals surface area contributed by atoms with Crippen molar-refractivity contribution in [1.29, 1.82) is 0 Å². The number of nitrogens with zero attached hydrogens (tertiary/aromatic N) is 1. The molecule has 1 aliphatic heterocycles. The van der Waals surface area contributed by atoms with Crippen molar-refractivity contribution in [2.75, 3.05) is 6.54 Å². The number of carbonyl (C=O) groups is 1. The van der Waals surface area contributed by atoms with Crippen LogP contribution in [-0.2, 0) is 17.8 Å². The van der Waals surface area contributed by atoms with E-state index in [9.17, 15) is 9.90 Å².